The molecule has 1 saturated carbocycles. The van der Waals surface area contributed by atoms with Gasteiger partial charge in [-0.05, 0) is 5.92 Å². The number of Topliss-reactive ketones (excluding diaryl/α,β-unsaturated/α-hetero) is 1. The van der Waals surface area contributed by atoms with Crippen LogP contribution in [0.2, 0.25) is 0 Å². The van der Waals surface area contributed by atoms with Crippen LogP contribution in [0.5, 0.6) is 0 Å². The summed E-state index contributed by atoms with van der Waals surface area (Å²) in [7, 11) is 0. The van der Waals surface area contributed by atoms with Crippen LogP contribution in [0.1, 0.15) is 19.8 Å². The molecule has 1 saturated heterocycles. The SMILES string of the molecule is C[C@H]1C(=O)C[C@@H]2CC(=O)OC[C@@H]21. The summed E-state index contributed by atoms with van der Waals surface area (Å²) < 4.78 is 4.92. The molecule has 2 fully saturated rings. The van der Waals surface area contributed by atoms with Crippen molar-refractivity contribution in [2.24, 2.45) is 17.8 Å². The fourth-order valence-corrected chi connectivity index (χ4v) is 2.21. The molecular formula is C9H12O3. The van der Waals surface area contributed by atoms with E-state index in [4.69, 9.17) is 4.74 Å². The van der Waals surface area contributed by atoms with Gasteiger partial charge in [-0.25, -0.2) is 0 Å². The lowest BCUT2D eigenvalue weighted by Gasteiger charge is -2.25. The second-order valence-electron chi connectivity index (χ2n) is 3.77. The molecule has 0 N–H and O–H groups in total. The number of carbonyl (C=O) groups is 2. The highest BCUT2D eigenvalue weighted by molar-refractivity contribution is 5.85. The first kappa shape index (κ1) is 7.77. The number of ketones is 1. The van der Waals surface area contributed by atoms with Crippen LogP contribution in [-0.2, 0) is 14.3 Å². The van der Waals surface area contributed by atoms with Crippen LogP contribution in [0, 0.1) is 17.8 Å². The van der Waals surface area contributed by atoms with Gasteiger partial charge in [-0.3, -0.25) is 9.59 Å². The van der Waals surface area contributed by atoms with E-state index in [0.717, 1.165) is 0 Å². The summed E-state index contributed by atoms with van der Waals surface area (Å²) in [5.41, 5.74) is 0. The third-order valence-electron chi connectivity index (χ3n) is 3.08. The number of fused-ring (bicyclic) bond motifs is 1. The van der Waals surface area contributed by atoms with Gasteiger partial charge in [-0.2, -0.15) is 0 Å². The van der Waals surface area contributed by atoms with Crippen LogP contribution in [-0.4, -0.2) is 18.4 Å². The van der Waals surface area contributed by atoms with Crippen molar-refractivity contribution in [2.45, 2.75) is 19.8 Å². The normalized spacial score (nSPS) is 40.9. The van der Waals surface area contributed by atoms with Gasteiger partial charge < -0.3 is 4.74 Å². The zero-order valence-electron chi connectivity index (χ0n) is 7.08. The fraction of sp³-hybridized carbons (Fsp3) is 0.778. The average Bonchev–Trinajstić information content (AvgIpc) is 2.28. The molecule has 2 aliphatic rings. The molecule has 3 atom stereocenters. The zero-order chi connectivity index (χ0) is 8.72. The number of cyclic esters (lactones) is 1. The first-order valence-corrected chi connectivity index (χ1v) is 4.37. The van der Waals surface area contributed by atoms with Gasteiger partial charge >= 0.3 is 5.97 Å². The van der Waals surface area contributed by atoms with Crippen LogP contribution in [0.15, 0.2) is 0 Å². The van der Waals surface area contributed by atoms with Crippen molar-refractivity contribution in [1.82, 2.24) is 0 Å². The van der Waals surface area contributed by atoms with Crippen molar-refractivity contribution in [3.8, 4) is 0 Å². The lowest BCUT2D eigenvalue weighted by Crippen LogP contribution is -2.29. The number of ether oxygens (including phenoxy) is 1. The maximum atomic E-state index is 11.3. The van der Waals surface area contributed by atoms with E-state index >= 15 is 0 Å². The van der Waals surface area contributed by atoms with E-state index in [1.165, 1.54) is 0 Å². The molecule has 1 aliphatic carbocycles. The van der Waals surface area contributed by atoms with E-state index in [1.807, 2.05) is 6.92 Å². The van der Waals surface area contributed by atoms with Crippen molar-refractivity contribution in [1.29, 1.82) is 0 Å². The molecule has 0 bridgehead atoms. The van der Waals surface area contributed by atoms with Crippen LogP contribution >= 0.6 is 0 Å². The van der Waals surface area contributed by atoms with Gasteiger partial charge in [0.25, 0.3) is 0 Å². The van der Waals surface area contributed by atoms with Crippen LogP contribution < -0.4 is 0 Å². The van der Waals surface area contributed by atoms with Crippen molar-refractivity contribution in [2.75, 3.05) is 6.61 Å². The van der Waals surface area contributed by atoms with E-state index in [1.54, 1.807) is 0 Å². The van der Waals surface area contributed by atoms with E-state index in [2.05, 4.69) is 0 Å². The molecule has 2 rings (SSSR count). The predicted octanol–water partition coefficient (Wildman–Crippen LogP) is 0.775. The van der Waals surface area contributed by atoms with Crippen LogP contribution in [0.3, 0.4) is 0 Å². The van der Waals surface area contributed by atoms with Gasteiger partial charge in [0.2, 0.25) is 0 Å². The smallest absolute Gasteiger partial charge is 0.306 e. The molecule has 0 aromatic carbocycles. The number of rotatable bonds is 0. The second kappa shape index (κ2) is 2.57. The Morgan fingerprint density at radius 2 is 2.08 bits per heavy atom. The Balaban J connectivity index is 2.14. The van der Waals surface area contributed by atoms with E-state index in [0.29, 0.717) is 31.1 Å². The third kappa shape index (κ3) is 1.04. The molecule has 66 valence electrons. The Labute approximate surface area is 71.1 Å². The highest BCUT2D eigenvalue weighted by Crippen LogP contribution is 2.39. The topological polar surface area (TPSA) is 43.4 Å². The lowest BCUT2D eigenvalue weighted by atomic mass is 9.87. The largest absolute Gasteiger partial charge is 0.465 e. The molecule has 0 amide bonds. The molecule has 3 heteroatoms. The number of esters is 1. The summed E-state index contributed by atoms with van der Waals surface area (Å²) in [6.07, 6.45) is 1.03. The van der Waals surface area contributed by atoms with Gasteiger partial charge in [-0.1, -0.05) is 6.92 Å². The Kier molecular flexibility index (Phi) is 1.67. The summed E-state index contributed by atoms with van der Waals surface area (Å²) in [4.78, 5) is 22.2. The minimum Gasteiger partial charge on any atom is -0.465 e. The Bertz CT molecular complexity index is 232. The van der Waals surface area contributed by atoms with E-state index < -0.39 is 0 Å². The van der Waals surface area contributed by atoms with Crippen molar-refractivity contribution >= 4 is 11.8 Å². The number of carbonyl (C=O) groups excluding carboxylic acids is 2. The molecular weight excluding hydrogens is 156 g/mol. The monoisotopic (exact) mass is 168 g/mol. The zero-order valence-corrected chi connectivity index (χ0v) is 7.08. The van der Waals surface area contributed by atoms with Crippen LogP contribution in [0.4, 0.5) is 0 Å². The maximum Gasteiger partial charge on any atom is 0.306 e. The van der Waals surface area contributed by atoms with Gasteiger partial charge in [-0.15, -0.1) is 0 Å². The summed E-state index contributed by atoms with van der Waals surface area (Å²) in [6.45, 7) is 2.39. The van der Waals surface area contributed by atoms with Gasteiger partial charge in [0.15, 0.2) is 0 Å². The molecule has 0 aromatic heterocycles. The second-order valence-corrected chi connectivity index (χ2v) is 3.77. The Hall–Kier alpha value is -0.860. The predicted molar refractivity (Wildman–Crippen MR) is 41.3 cm³/mol. The maximum absolute atomic E-state index is 11.3. The quantitative estimate of drug-likeness (QED) is 0.502. The van der Waals surface area contributed by atoms with Crippen molar-refractivity contribution < 1.29 is 14.3 Å². The molecule has 1 aliphatic heterocycles. The molecule has 12 heavy (non-hydrogen) atoms. The van der Waals surface area contributed by atoms with E-state index in [-0.39, 0.29) is 17.8 Å². The lowest BCUT2D eigenvalue weighted by molar-refractivity contribution is -0.152. The Morgan fingerprint density at radius 1 is 1.33 bits per heavy atom. The molecule has 0 unspecified atom stereocenters. The highest BCUT2D eigenvalue weighted by Gasteiger charge is 2.43. The summed E-state index contributed by atoms with van der Waals surface area (Å²) in [5.74, 6) is 0.827. The first-order valence-electron chi connectivity index (χ1n) is 4.37. The molecule has 0 aromatic rings. The third-order valence-corrected chi connectivity index (χ3v) is 3.08. The number of hydrogen-bond acceptors (Lipinski definition) is 3. The molecule has 3 nitrogen and oxygen atoms in total. The minimum absolute atomic E-state index is 0.100. The van der Waals surface area contributed by atoms with Crippen LogP contribution in [0.25, 0.3) is 0 Å². The Morgan fingerprint density at radius 3 is 2.83 bits per heavy atom. The summed E-state index contributed by atoms with van der Waals surface area (Å²) >= 11 is 0. The first-order chi connectivity index (χ1) is 5.68. The number of hydrogen-bond donors (Lipinski definition) is 0. The molecule has 0 radical (unpaired) electrons. The summed E-state index contributed by atoms with van der Waals surface area (Å²) in [5, 5.41) is 0. The minimum atomic E-state index is -0.141. The van der Waals surface area contributed by atoms with Crippen molar-refractivity contribution in [3.63, 3.8) is 0 Å². The molecule has 1 heterocycles. The van der Waals surface area contributed by atoms with Crippen molar-refractivity contribution in [3.05, 3.63) is 0 Å². The standard InChI is InChI=1S/C9H12O3/c1-5-7-4-12-9(11)3-6(7)2-8(5)10/h5-7H,2-4H2,1H3/t5-,6-,7-/m1/s1. The van der Waals surface area contributed by atoms with Gasteiger partial charge in [0, 0.05) is 24.7 Å². The summed E-state index contributed by atoms with van der Waals surface area (Å²) in [6, 6.07) is 0. The highest BCUT2D eigenvalue weighted by atomic mass is 16.5. The fourth-order valence-electron chi connectivity index (χ4n) is 2.21. The average molecular weight is 168 g/mol. The van der Waals surface area contributed by atoms with Gasteiger partial charge in [0.1, 0.15) is 5.78 Å². The molecule has 0 spiro atoms. The van der Waals surface area contributed by atoms with E-state index in [9.17, 15) is 9.59 Å². The van der Waals surface area contributed by atoms with Gasteiger partial charge in [0.05, 0.1) is 6.61 Å².